The summed E-state index contributed by atoms with van der Waals surface area (Å²) >= 11 is 3.87. The van der Waals surface area contributed by atoms with Crippen molar-refractivity contribution in [1.82, 2.24) is 9.55 Å². The number of para-hydroxylation sites is 2. The molecule has 5 rings (SSSR count). The Balaban J connectivity index is 1.65. The van der Waals surface area contributed by atoms with Crippen LogP contribution in [0.15, 0.2) is 65.1 Å². The lowest BCUT2D eigenvalue weighted by atomic mass is 9.98. The number of aryl methyl sites for hydroxylation is 1. The first-order valence-electron chi connectivity index (χ1n) is 10.5. The normalized spacial score (nSPS) is 15.1. The Morgan fingerprint density at radius 3 is 2.48 bits per heavy atom. The predicted octanol–water partition coefficient (Wildman–Crippen LogP) is 6.41. The van der Waals surface area contributed by atoms with Gasteiger partial charge in [-0.25, -0.2) is 4.98 Å². The summed E-state index contributed by atoms with van der Waals surface area (Å²) < 4.78 is 15.2. The number of ether oxygens (including phenoxy) is 2. The standard InChI is InChI=1S/C26H25BrN2O2/c1-17-13-20(23(27)24(18(17)2)31-14-19-9-5-4-6-10-19)25-28-21-11-7-8-12-22(21)29(25)26(3)15-30-16-26/h4-13H,14-16H2,1-3H3. The molecule has 4 aromatic rings. The Bertz CT molecular complexity index is 1260. The van der Waals surface area contributed by atoms with Gasteiger partial charge in [-0.1, -0.05) is 42.5 Å². The second kappa shape index (κ2) is 7.81. The van der Waals surface area contributed by atoms with E-state index in [0.29, 0.717) is 19.8 Å². The van der Waals surface area contributed by atoms with Crippen molar-refractivity contribution in [1.29, 1.82) is 0 Å². The number of fused-ring (bicyclic) bond motifs is 1. The molecule has 0 unspecified atom stereocenters. The summed E-state index contributed by atoms with van der Waals surface area (Å²) in [5, 5.41) is 0. The fourth-order valence-corrected chi connectivity index (χ4v) is 4.90. The zero-order valence-corrected chi connectivity index (χ0v) is 19.6. The van der Waals surface area contributed by atoms with Gasteiger partial charge in [-0.05, 0) is 71.6 Å². The van der Waals surface area contributed by atoms with Gasteiger partial charge in [-0.2, -0.15) is 0 Å². The molecule has 5 heteroatoms. The topological polar surface area (TPSA) is 36.3 Å². The van der Waals surface area contributed by atoms with E-state index in [1.165, 1.54) is 5.56 Å². The molecule has 0 N–H and O–H groups in total. The monoisotopic (exact) mass is 476 g/mol. The van der Waals surface area contributed by atoms with Crippen LogP contribution in [-0.2, 0) is 16.9 Å². The van der Waals surface area contributed by atoms with E-state index in [-0.39, 0.29) is 5.54 Å². The van der Waals surface area contributed by atoms with Gasteiger partial charge < -0.3 is 14.0 Å². The highest BCUT2D eigenvalue weighted by Gasteiger charge is 2.39. The maximum Gasteiger partial charge on any atom is 0.143 e. The van der Waals surface area contributed by atoms with Crippen molar-refractivity contribution >= 4 is 27.0 Å². The Morgan fingerprint density at radius 1 is 1.06 bits per heavy atom. The molecule has 0 atom stereocenters. The molecule has 158 valence electrons. The van der Waals surface area contributed by atoms with Gasteiger partial charge in [0.05, 0.1) is 34.3 Å². The van der Waals surface area contributed by atoms with Crippen LogP contribution in [0, 0.1) is 13.8 Å². The van der Waals surface area contributed by atoms with Crippen molar-refractivity contribution in [3.8, 4) is 17.1 Å². The van der Waals surface area contributed by atoms with Crippen LogP contribution in [0.1, 0.15) is 23.6 Å². The number of hydrogen-bond acceptors (Lipinski definition) is 3. The number of halogens is 1. The lowest BCUT2D eigenvalue weighted by Crippen LogP contribution is -2.49. The van der Waals surface area contributed by atoms with Crippen LogP contribution in [0.2, 0.25) is 0 Å². The van der Waals surface area contributed by atoms with Gasteiger partial charge in [0.15, 0.2) is 0 Å². The molecule has 3 aromatic carbocycles. The molecule has 0 saturated carbocycles. The van der Waals surface area contributed by atoms with E-state index < -0.39 is 0 Å². The Labute approximate surface area is 191 Å². The average Bonchev–Trinajstić information content (AvgIpc) is 3.15. The molecule has 0 bridgehead atoms. The molecule has 0 radical (unpaired) electrons. The van der Waals surface area contributed by atoms with Gasteiger partial charge >= 0.3 is 0 Å². The van der Waals surface area contributed by atoms with Crippen molar-refractivity contribution in [2.45, 2.75) is 32.9 Å². The van der Waals surface area contributed by atoms with Crippen LogP contribution in [-0.4, -0.2) is 22.8 Å². The summed E-state index contributed by atoms with van der Waals surface area (Å²) in [5.41, 5.74) is 6.48. The predicted molar refractivity (Wildman–Crippen MR) is 128 cm³/mol. The van der Waals surface area contributed by atoms with Gasteiger partial charge in [0.25, 0.3) is 0 Å². The largest absolute Gasteiger partial charge is 0.487 e. The van der Waals surface area contributed by atoms with E-state index in [2.05, 4.69) is 77.7 Å². The lowest BCUT2D eigenvalue weighted by Gasteiger charge is -2.41. The summed E-state index contributed by atoms with van der Waals surface area (Å²) in [4.78, 5) is 5.04. The van der Waals surface area contributed by atoms with Crippen molar-refractivity contribution in [3.63, 3.8) is 0 Å². The Hall–Kier alpha value is -2.63. The highest BCUT2D eigenvalue weighted by Crippen LogP contribution is 2.43. The van der Waals surface area contributed by atoms with Crippen molar-refractivity contribution in [2.75, 3.05) is 13.2 Å². The fraction of sp³-hybridized carbons (Fsp3) is 0.269. The maximum atomic E-state index is 6.33. The number of hydrogen-bond donors (Lipinski definition) is 0. The average molecular weight is 477 g/mol. The summed E-state index contributed by atoms with van der Waals surface area (Å²) in [6.07, 6.45) is 0. The molecule has 0 spiro atoms. The molecular weight excluding hydrogens is 452 g/mol. The highest BCUT2D eigenvalue weighted by atomic mass is 79.9. The number of aromatic nitrogens is 2. The van der Waals surface area contributed by atoms with E-state index in [4.69, 9.17) is 14.5 Å². The Kier molecular flexibility index (Phi) is 5.11. The second-order valence-electron chi connectivity index (χ2n) is 8.53. The Morgan fingerprint density at radius 2 is 1.77 bits per heavy atom. The van der Waals surface area contributed by atoms with E-state index in [1.807, 2.05) is 24.3 Å². The van der Waals surface area contributed by atoms with Crippen molar-refractivity contribution in [2.24, 2.45) is 0 Å². The van der Waals surface area contributed by atoms with E-state index in [9.17, 15) is 0 Å². The smallest absolute Gasteiger partial charge is 0.143 e. The molecular formula is C26H25BrN2O2. The molecule has 0 aliphatic carbocycles. The summed E-state index contributed by atoms with van der Waals surface area (Å²) in [6, 6.07) is 20.8. The second-order valence-corrected chi connectivity index (χ2v) is 9.33. The van der Waals surface area contributed by atoms with Crippen LogP contribution in [0.3, 0.4) is 0 Å². The minimum atomic E-state index is -0.116. The zero-order chi connectivity index (χ0) is 21.6. The lowest BCUT2D eigenvalue weighted by molar-refractivity contribution is -0.0868. The summed E-state index contributed by atoms with van der Waals surface area (Å²) in [6.45, 7) is 8.34. The SMILES string of the molecule is Cc1cc(-c2nc3ccccc3n2C2(C)COC2)c(Br)c(OCc2ccccc2)c1C. The molecule has 1 fully saturated rings. The number of benzene rings is 3. The van der Waals surface area contributed by atoms with Crippen LogP contribution in [0.4, 0.5) is 0 Å². The summed E-state index contributed by atoms with van der Waals surface area (Å²) in [5.74, 6) is 1.80. The quantitative estimate of drug-likeness (QED) is 0.334. The first-order valence-corrected chi connectivity index (χ1v) is 11.3. The van der Waals surface area contributed by atoms with Crippen LogP contribution < -0.4 is 4.74 Å². The molecule has 1 saturated heterocycles. The highest BCUT2D eigenvalue weighted by molar-refractivity contribution is 9.10. The number of nitrogens with zero attached hydrogens (tertiary/aromatic N) is 2. The van der Waals surface area contributed by atoms with Gasteiger partial charge in [0.2, 0.25) is 0 Å². The molecule has 4 nitrogen and oxygen atoms in total. The number of rotatable bonds is 5. The molecule has 1 aromatic heterocycles. The van der Waals surface area contributed by atoms with Crippen molar-refractivity contribution < 1.29 is 9.47 Å². The molecule has 1 aliphatic heterocycles. The zero-order valence-electron chi connectivity index (χ0n) is 18.0. The van der Waals surface area contributed by atoms with E-state index in [1.54, 1.807) is 0 Å². The third-order valence-corrected chi connectivity index (χ3v) is 6.91. The number of imidazole rings is 1. The minimum Gasteiger partial charge on any atom is -0.487 e. The molecule has 2 heterocycles. The van der Waals surface area contributed by atoms with Crippen LogP contribution in [0.25, 0.3) is 22.4 Å². The molecule has 31 heavy (non-hydrogen) atoms. The van der Waals surface area contributed by atoms with Crippen molar-refractivity contribution in [3.05, 3.63) is 81.8 Å². The summed E-state index contributed by atoms with van der Waals surface area (Å²) in [7, 11) is 0. The van der Waals surface area contributed by atoms with Gasteiger partial charge in [-0.15, -0.1) is 0 Å². The third kappa shape index (κ3) is 3.46. The van der Waals surface area contributed by atoms with Crippen LogP contribution >= 0.6 is 15.9 Å². The van der Waals surface area contributed by atoms with Gasteiger partial charge in [-0.3, -0.25) is 0 Å². The third-order valence-electron chi connectivity index (χ3n) is 6.12. The molecule has 1 aliphatic rings. The van der Waals surface area contributed by atoms with E-state index in [0.717, 1.165) is 43.8 Å². The molecule has 0 amide bonds. The minimum absolute atomic E-state index is 0.116. The fourth-order valence-electron chi connectivity index (χ4n) is 4.20. The van der Waals surface area contributed by atoms with E-state index >= 15 is 0 Å². The van der Waals surface area contributed by atoms with Gasteiger partial charge in [0, 0.05) is 5.56 Å². The first kappa shape index (κ1) is 20.3. The first-order chi connectivity index (χ1) is 15.0. The maximum absolute atomic E-state index is 6.33. The van der Waals surface area contributed by atoms with Gasteiger partial charge in [0.1, 0.15) is 18.2 Å². The van der Waals surface area contributed by atoms with Crippen LogP contribution in [0.5, 0.6) is 5.75 Å².